The number of fused-ring (bicyclic) bond motifs is 3. The van der Waals surface area contributed by atoms with E-state index in [9.17, 15) is 10.1 Å². The van der Waals surface area contributed by atoms with Crippen LogP contribution in [0.4, 0.5) is 5.69 Å². The molecule has 5 nitrogen and oxygen atoms in total. The summed E-state index contributed by atoms with van der Waals surface area (Å²) >= 11 is 1.62. The maximum absolute atomic E-state index is 11.8. The zero-order valence-electron chi connectivity index (χ0n) is 13.4. The topological polar surface area (TPSA) is 68.9 Å². The Morgan fingerprint density at radius 3 is 2.46 bits per heavy atom. The lowest BCUT2D eigenvalue weighted by Crippen LogP contribution is -1.96. The van der Waals surface area contributed by atoms with Gasteiger partial charge in [0, 0.05) is 10.1 Å². The first-order valence-electron chi connectivity index (χ1n) is 8.02. The van der Waals surface area contributed by atoms with E-state index in [1.54, 1.807) is 23.5 Å². The van der Waals surface area contributed by atoms with Crippen LogP contribution in [0.2, 0.25) is 0 Å². The smallest absolute Gasteiger partial charge is 0.258 e. The van der Waals surface area contributed by atoms with Crippen LogP contribution in [0.25, 0.3) is 42.3 Å². The molecule has 0 spiro atoms. The predicted octanol–water partition coefficient (Wildman–Crippen LogP) is 5.57. The molecule has 3 aromatic carbocycles. The largest absolute Gasteiger partial charge is 0.303 e. The molecule has 2 heterocycles. The zero-order valence-corrected chi connectivity index (χ0v) is 14.2. The highest BCUT2D eigenvalue weighted by atomic mass is 32.1. The van der Waals surface area contributed by atoms with Gasteiger partial charge < -0.3 is 0 Å². The molecule has 5 aromatic rings. The Hall–Kier alpha value is -3.38. The molecule has 0 saturated heterocycles. The van der Waals surface area contributed by atoms with Gasteiger partial charge in [-0.3, -0.25) is 10.1 Å². The fraction of sp³-hybridized carbons (Fsp3) is 0. The summed E-state index contributed by atoms with van der Waals surface area (Å²) in [6.45, 7) is 0. The first kappa shape index (κ1) is 14.9. The quantitative estimate of drug-likeness (QED) is 0.235. The molecule has 0 unspecified atom stereocenters. The van der Waals surface area contributed by atoms with Gasteiger partial charge in [0.25, 0.3) is 0 Å². The Labute approximate surface area is 151 Å². The first-order chi connectivity index (χ1) is 12.7. The average molecular weight is 357 g/mol. The van der Waals surface area contributed by atoms with Gasteiger partial charge in [-0.15, -0.1) is 11.3 Å². The Morgan fingerprint density at radius 1 is 0.885 bits per heavy atom. The number of aromatic nitrogens is 2. The van der Waals surface area contributed by atoms with Gasteiger partial charge in [-0.2, -0.15) is 0 Å². The molecule has 2 aromatic heterocycles. The minimum absolute atomic E-state index is 0.0304. The number of rotatable bonds is 2. The van der Waals surface area contributed by atoms with Gasteiger partial charge in [0.2, 0.25) is 0 Å². The molecule has 26 heavy (non-hydrogen) atoms. The summed E-state index contributed by atoms with van der Waals surface area (Å²) in [6, 6.07) is 19.4. The summed E-state index contributed by atoms with van der Waals surface area (Å²) in [4.78, 5) is 21.1. The Balaban J connectivity index is 1.91. The summed E-state index contributed by atoms with van der Waals surface area (Å²) in [5.74, 6) is 0. The minimum Gasteiger partial charge on any atom is -0.258 e. The fourth-order valence-electron chi connectivity index (χ4n) is 3.32. The lowest BCUT2D eigenvalue weighted by molar-refractivity contribution is -0.381. The highest BCUT2D eigenvalue weighted by Gasteiger charge is 2.21. The van der Waals surface area contributed by atoms with Crippen molar-refractivity contribution in [3.05, 3.63) is 77.1 Å². The normalized spacial score (nSPS) is 11.4. The lowest BCUT2D eigenvalue weighted by atomic mass is 10.0. The number of hydrogen-bond acceptors (Lipinski definition) is 5. The predicted molar refractivity (Wildman–Crippen MR) is 105 cm³/mol. The van der Waals surface area contributed by atoms with Crippen LogP contribution in [-0.2, 0) is 0 Å². The monoisotopic (exact) mass is 357 g/mol. The number of nitro benzene ring substituents is 1. The summed E-state index contributed by atoms with van der Waals surface area (Å²) in [6.07, 6.45) is 1.41. The van der Waals surface area contributed by atoms with Crippen molar-refractivity contribution in [3.63, 3.8) is 0 Å². The van der Waals surface area contributed by atoms with Gasteiger partial charge in [0.15, 0.2) is 5.52 Å². The molecule has 0 atom stereocenters. The van der Waals surface area contributed by atoms with Crippen molar-refractivity contribution in [3.8, 4) is 10.6 Å². The standard InChI is InChI=1S/C20H11N3O2S/c24-23(25)20-14-7-3-1-5-12(14)9-15-18(21-11-22-19(15)20)17-10-13-6-2-4-8-16(13)26-17/h1-11H. The second-order valence-corrected chi connectivity index (χ2v) is 7.05. The summed E-state index contributed by atoms with van der Waals surface area (Å²) in [5, 5.41) is 15.0. The SMILES string of the molecule is O=[N+]([O-])c1c2ccccc2cc2c(-c3cc4ccccc4s3)ncnc12. The Bertz CT molecular complexity index is 1290. The third-order valence-electron chi connectivity index (χ3n) is 4.47. The van der Waals surface area contributed by atoms with Crippen molar-refractivity contribution in [1.82, 2.24) is 9.97 Å². The van der Waals surface area contributed by atoms with Gasteiger partial charge in [0.1, 0.15) is 6.33 Å². The molecule has 0 aliphatic carbocycles. The van der Waals surface area contributed by atoms with Gasteiger partial charge >= 0.3 is 5.69 Å². The number of benzene rings is 3. The minimum atomic E-state index is -0.355. The van der Waals surface area contributed by atoms with E-state index in [0.717, 1.165) is 26.0 Å². The van der Waals surface area contributed by atoms with E-state index in [4.69, 9.17) is 0 Å². The zero-order chi connectivity index (χ0) is 17.7. The van der Waals surface area contributed by atoms with E-state index in [1.807, 2.05) is 30.3 Å². The first-order valence-corrected chi connectivity index (χ1v) is 8.84. The summed E-state index contributed by atoms with van der Waals surface area (Å²) < 4.78 is 1.16. The van der Waals surface area contributed by atoms with E-state index in [0.29, 0.717) is 16.3 Å². The van der Waals surface area contributed by atoms with Crippen LogP contribution < -0.4 is 0 Å². The van der Waals surface area contributed by atoms with E-state index in [1.165, 1.54) is 6.33 Å². The highest BCUT2D eigenvalue weighted by molar-refractivity contribution is 7.22. The Morgan fingerprint density at radius 2 is 1.65 bits per heavy atom. The maximum atomic E-state index is 11.8. The van der Waals surface area contributed by atoms with Gasteiger partial charge in [0.05, 0.1) is 20.9 Å². The molecule has 0 amide bonds. The second kappa shape index (κ2) is 5.57. The number of thiophene rings is 1. The molecule has 0 fully saturated rings. The van der Waals surface area contributed by atoms with Gasteiger partial charge in [-0.05, 0) is 35.0 Å². The van der Waals surface area contributed by atoms with Gasteiger partial charge in [-0.25, -0.2) is 9.97 Å². The average Bonchev–Trinajstić information content (AvgIpc) is 3.09. The third-order valence-corrected chi connectivity index (χ3v) is 5.59. The fourth-order valence-corrected chi connectivity index (χ4v) is 4.40. The molecule has 0 aliphatic heterocycles. The van der Waals surface area contributed by atoms with Gasteiger partial charge in [-0.1, -0.05) is 36.4 Å². The number of non-ortho nitro benzene ring substituents is 1. The molecular formula is C20H11N3O2S. The highest BCUT2D eigenvalue weighted by Crippen LogP contribution is 2.40. The van der Waals surface area contributed by atoms with E-state index < -0.39 is 0 Å². The van der Waals surface area contributed by atoms with E-state index >= 15 is 0 Å². The number of hydrogen-bond donors (Lipinski definition) is 0. The van der Waals surface area contributed by atoms with Crippen molar-refractivity contribution in [1.29, 1.82) is 0 Å². The third kappa shape index (κ3) is 2.16. The number of nitrogens with zero attached hydrogens (tertiary/aromatic N) is 3. The second-order valence-electron chi connectivity index (χ2n) is 5.97. The number of nitro groups is 1. The van der Waals surface area contributed by atoms with Crippen molar-refractivity contribution < 1.29 is 4.92 Å². The van der Waals surface area contributed by atoms with Crippen LogP contribution in [0.5, 0.6) is 0 Å². The van der Waals surface area contributed by atoms with Crippen LogP contribution in [0.3, 0.4) is 0 Å². The van der Waals surface area contributed by atoms with E-state index in [-0.39, 0.29) is 10.6 Å². The molecule has 0 bridgehead atoms. The van der Waals surface area contributed by atoms with Crippen LogP contribution in [0, 0.1) is 10.1 Å². The van der Waals surface area contributed by atoms with Crippen molar-refractivity contribution in [2.75, 3.05) is 0 Å². The maximum Gasteiger partial charge on any atom is 0.303 e. The molecular weight excluding hydrogens is 346 g/mol. The molecule has 0 saturated carbocycles. The van der Waals surface area contributed by atoms with Crippen molar-refractivity contribution >= 4 is 48.8 Å². The Kier molecular flexibility index (Phi) is 3.20. The van der Waals surface area contributed by atoms with Crippen molar-refractivity contribution in [2.24, 2.45) is 0 Å². The molecule has 0 radical (unpaired) electrons. The molecule has 0 aliphatic rings. The molecule has 5 rings (SSSR count). The van der Waals surface area contributed by atoms with E-state index in [2.05, 4.69) is 28.2 Å². The van der Waals surface area contributed by atoms with Crippen LogP contribution in [0.1, 0.15) is 0 Å². The summed E-state index contributed by atoms with van der Waals surface area (Å²) in [5.41, 5.74) is 1.13. The molecule has 124 valence electrons. The van der Waals surface area contributed by atoms with Crippen LogP contribution >= 0.6 is 11.3 Å². The van der Waals surface area contributed by atoms with Crippen LogP contribution in [-0.4, -0.2) is 14.9 Å². The van der Waals surface area contributed by atoms with Crippen LogP contribution in [0.15, 0.2) is 67.0 Å². The molecule has 6 heteroatoms. The molecule has 0 N–H and O–H groups in total. The van der Waals surface area contributed by atoms with Crippen molar-refractivity contribution in [2.45, 2.75) is 0 Å². The lowest BCUT2D eigenvalue weighted by Gasteiger charge is -2.07. The summed E-state index contributed by atoms with van der Waals surface area (Å²) in [7, 11) is 0.